The number of anilines is 1. The predicted octanol–water partition coefficient (Wildman–Crippen LogP) is 3.97. The molecule has 0 radical (unpaired) electrons. The molecule has 0 atom stereocenters. The van der Waals surface area contributed by atoms with Crippen molar-refractivity contribution in [1.82, 2.24) is 4.90 Å². The number of amides is 2. The predicted molar refractivity (Wildman–Crippen MR) is 103 cm³/mol. The Morgan fingerprint density at radius 3 is 2.23 bits per heavy atom. The summed E-state index contributed by atoms with van der Waals surface area (Å²) in [5.41, 5.74) is 1.32. The Morgan fingerprint density at radius 2 is 1.62 bits per heavy atom. The fraction of sp³-hybridized carbons (Fsp3) is 0.333. The van der Waals surface area contributed by atoms with Crippen LogP contribution in [0.4, 0.5) is 5.69 Å². The zero-order chi connectivity index (χ0) is 18.8. The van der Waals surface area contributed by atoms with Gasteiger partial charge >= 0.3 is 0 Å². The number of rotatable bonds is 9. The zero-order valence-corrected chi connectivity index (χ0v) is 15.4. The average molecular weight is 354 g/mol. The van der Waals surface area contributed by atoms with Crippen molar-refractivity contribution in [3.63, 3.8) is 0 Å². The lowest BCUT2D eigenvalue weighted by molar-refractivity contribution is -0.116. The number of benzene rings is 2. The lowest BCUT2D eigenvalue weighted by Crippen LogP contribution is -2.30. The molecular weight excluding hydrogens is 328 g/mol. The van der Waals surface area contributed by atoms with Gasteiger partial charge in [0.1, 0.15) is 5.75 Å². The van der Waals surface area contributed by atoms with Gasteiger partial charge in [0.05, 0.1) is 6.61 Å². The zero-order valence-electron chi connectivity index (χ0n) is 15.4. The molecule has 0 bridgehead atoms. The Balaban J connectivity index is 1.75. The maximum absolute atomic E-state index is 12.3. The van der Waals surface area contributed by atoms with Crippen LogP contribution in [-0.2, 0) is 4.79 Å². The first kappa shape index (κ1) is 19.5. The van der Waals surface area contributed by atoms with Gasteiger partial charge in [-0.05, 0) is 56.7 Å². The second kappa shape index (κ2) is 10.2. The van der Waals surface area contributed by atoms with Crippen molar-refractivity contribution in [2.45, 2.75) is 26.7 Å². The first-order valence-electron chi connectivity index (χ1n) is 9.01. The highest BCUT2D eigenvalue weighted by Gasteiger charge is 2.12. The van der Waals surface area contributed by atoms with Crippen molar-refractivity contribution in [1.29, 1.82) is 0 Å². The fourth-order valence-electron chi connectivity index (χ4n) is 2.55. The van der Waals surface area contributed by atoms with E-state index in [9.17, 15) is 9.59 Å². The van der Waals surface area contributed by atoms with Gasteiger partial charge in [0.2, 0.25) is 5.91 Å². The molecule has 0 spiro atoms. The monoisotopic (exact) mass is 354 g/mol. The SMILES string of the molecule is CCN(CC)C(=O)c1ccc(NC(=O)CCCOc2ccccc2)cc1. The average Bonchev–Trinajstić information content (AvgIpc) is 2.67. The third-order valence-corrected chi connectivity index (χ3v) is 4.03. The van der Waals surface area contributed by atoms with E-state index in [2.05, 4.69) is 5.32 Å². The molecule has 0 saturated heterocycles. The van der Waals surface area contributed by atoms with Crippen LogP contribution in [-0.4, -0.2) is 36.4 Å². The third kappa shape index (κ3) is 5.92. The summed E-state index contributed by atoms with van der Waals surface area (Å²) in [6.07, 6.45) is 1.02. The molecule has 2 aromatic carbocycles. The normalized spacial score (nSPS) is 10.2. The van der Waals surface area contributed by atoms with Crippen LogP contribution in [0.15, 0.2) is 54.6 Å². The number of nitrogens with one attached hydrogen (secondary N) is 1. The molecular formula is C21H26N2O3. The van der Waals surface area contributed by atoms with E-state index in [1.807, 2.05) is 44.2 Å². The second-order valence-corrected chi connectivity index (χ2v) is 5.87. The van der Waals surface area contributed by atoms with Crippen molar-refractivity contribution < 1.29 is 14.3 Å². The van der Waals surface area contributed by atoms with E-state index in [-0.39, 0.29) is 11.8 Å². The fourth-order valence-corrected chi connectivity index (χ4v) is 2.55. The van der Waals surface area contributed by atoms with E-state index in [1.165, 1.54) is 0 Å². The molecule has 0 saturated carbocycles. The van der Waals surface area contributed by atoms with Crippen LogP contribution in [0.1, 0.15) is 37.0 Å². The number of carbonyl (C=O) groups excluding carboxylic acids is 2. The van der Waals surface area contributed by atoms with E-state index >= 15 is 0 Å². The standard InChI is InChI=1S/C21H26N2O3/c1-3-23(4-2)21(25)17-12-14-18(15-13-17)22-20(24)11-8-16-26-19-9-6-5-7-10-19/h5-7,9-10,12-15H,3-4,8,11,16H2,1-2H3,(H,22,24). The van der Waals surface area contributed by atoms with E-state index in [0.29, 0.717) is 43.8 Å². The molecule has 5 nitrogen and oxygen atoms in total. The summed E-state index contributed by atoms with van der Waals surface area (Å²) >= 11 is 0. The van der Waals surface area contributed by atoms with Gasteiger partial charge in [0.15, 0.2) is 0 Å². The van der Waals surface area contributed by atoms with E-state index in [1.54, 1.807) is 29.2 Å². The van der Waals surface area contributed by atoms with Crippen LogP contribution < -0.4 is 10.1 Å². The van der Waals surface area contributed by atoms with Gasteiger partial charge in [-0.3, -0.25) is 9.59 Å². The van der Waals surface area contributed by atoms with Gasteiger partial charge in [0, 0.05) is 30.8 Å². The number of para-hydroxylation sites is 1. The number of carbonyl (C=O) groups is 2. The quantitative estimate of drug-likeness (QED) is 0.693. The Morgan fingerprint density at radius 1 is 0.962 bits per heavy atom. The smallest absolute Gasteiger partial charge is 0.253 e. The number of ether oxygens (including phenoxy) is 1. The van der Waals surface area contributed by atoms with Crippen LogP contribution in [0.2, 0.25) is 0 Å². The lowest BCUT2D eigenvalue weighted by atomic mass is 10.1. The minimum absolute atomic E-state index is 0.00550. The molecule has 5 heteroatoms. The number of nitrogens with zero attached hydrogens (tertiary/aromatic N) is 1. The maximum atomic E-state index is 12.3. The highest BCUT2D eigenvalue weighted by Crippen LogP contribution is 2.13. The van der Waals surface area contributed by atoms with Crippen molar-refractivity contribution in [3.05, 3.63) is 60.2 Å². The first-order valence-corrected chi connectivity index (χ1v) is 9.01. The molecule has 0 aliphatic carbocycles. The minimum atomic E-state index is -0.0653. The van der Waals surface area contributed by atoms with Crippen molar-refractivity contribution >= 4 is 17.5 Å². The van der Waals surface area contributed by atoms with Crippen molar-refractivity contribution in [2.24, 2.45) is 0 Å². The van der Waals surface area contributed by atoms with Crippen molar-refractivity contribution in [2.75, 3.05) is 25.0 Å². The topological polar surface area (TPSA) is 58.6 Å². The molecule has 0 aliphatic rings. The van der Waals surface area contributed by atoms with Gasteiger partial charge in [-0.1, -0.05) is 18.2 Å². The molecule has 2 aromatic rings. The van der Waals surface area contributed by atoms with Gasteiger partial charge in [-0.2, -0.15) is 0 Å². The highest BCUT2D eigenvalue weighted by molar-refractivity contribution is 5.95. The molecule has 0 unspecified atom stereocenters. The molecule has 0 aromatic heterocycles. The molecule has 2 rings (SSSR count). The summed E-state index contributed by atoms with van der Waals surface area (Å²) in [7, 11) is 0. The number of hydrogen-bond donors (Lipinski definition) is 1. The first-order chi connectivity index (χ1) is 12.6. The van der Waals surface area contributed by atoms with E-state index in [0.717, 1.165) is 5.75 Å². The summed E-state index contributed by atoms with van der Waals surface area (Å²) in [6, 6.07) is 16.5. The molecule has 1 N–H and O–H groups in total. The Bertz CT molecular complexity index is 695. The maximum Gasteiger partial charge on any atom is 0.253 e. The lowest BCUT2D eigenvalue weighted by Gasteiger charge is -2.18. The molecule has 0 fully saturated rings. The van der Waals surface area contributed by atoms with Crippen LogP contribution >= 0.6 is 0 Å². The van der Waals surface area contributed by atoms with E-state index in [4.69, 9.17) is 4.74 Å². The molecule has 138 valence electrons. The summed E-state index contributed by atoms with van der Waals surface area (Å²) in [5.74, 6) is 0.747. The molecule has 0 heterocycles. The molecule has 26 heavy (non-hydrogen) atoms. The van der Waals surface area contributed by atoms with Gasteiger partial charge in [0.25, 0.3) is 5.91 Å². The summed E-state index contributed by atoms with van der Waals surface area (Å²) in [6.45, 7) is 5.77. The van der Waals surface area contributed by atoms with Crippen molar-refractivity contribution in [3.8, 4) is 5.75 Å². The molecule has 2 amide bonds. The van der Waals surface area contributed by atoms with Gasteiger partial charge in [-0.15, -0.1) is 0 Å². The third-order valence-electron chi connectivity index (χ3n) is 4.03. The highest BCUT2D eigenvalue weighted by atomic mass is 16.5. The summed E-state index contributed by atoms with van der Waals surface area (Å²) in [5, 5.41) is 2.84. The Labute approximate surface area is 155 Å². The van der Waals surface area contributed by atoms with Gasteiger partial charge < -0.3 is 15.0 Å². The van der Waals surface area contributed by atoms with E-state index < -0.39 is 0 Å². The van der Waals surface area contributed by atoms with Crippen LogP contribution in [0, 0.1) is 0 Å². The minimum Gasteiger partial charge on any atom is -0.494 e. The second-order valence-electron chi connectivity index (χ2n) is 5.87. The Kier molecular flexibility index (Phi) is 7.68. The largest absolute Gasteiger partial charge is 0.494 e. The van der Waals surface area contributed by atoms with Crippen LogP contribution in [0.25, 0.3) is 0 Å². The number of hydrogen-bond acceptors (Lipinski definition) is 3. The van der Waals surface area contributed by atoms with Crippen LogP contribution in [0.3, 0.4) is 0 Å². The Hall–Kier alpha value is -2.82. The summed E-state index contributed by atoms with van der Waals surface area (Å²) < 4.78 is 5.57. The summed E-state index contributed by atoms with van der Waals surface area (Å²) in [4.78, 5) is 26.0. The molecule has 0 aliphatic heterocycles. The van der Waals surface area contributed by atoms with Crippen LogP contribution in [0.5, 0.6) is 5.75 Å². The van der Waals surface area contributed by atoms with Gasteiger partial charge in [-0.25, -0.2) is 0 Å².